The molecule has 0 saturated heterocycles. The van der Waals surface area contributed by atoms with Crippen LogP contribution < -0.4 is 0 Å². The molecule has 1 fully saturated rings. The highest BCUT2D eigenvalue weighted by Gasteiger charge is 2.22. The Morgan fingerprint density at radius 1 is 1.17 bits per heavy atom. The van der Waals surface area contributed by atoms with Crippen LogP contribution in [0.5, 0.6) is 0 Å². The maximum Gasteiger partial charge on any atom is 0.134 e. The summed E-state index contributed by atoms with van der Waals surface area (Å²) in [6.45, 7) is 0. The van der Waals surface area contributed by atoms with Crippen molar-refractivity contribution < 1.29 is 0 Å². The van der Waals surface area contributed by atoms with Gasteiger partial charge in [-0.25, -0.2) is 9.97 Å². The Hall–Kier alpha value is 0.0400. The fourth-order valence-electron chi connectivity index (χ4n) is 1.26. The molecule has 64 valence electrons. The molecule has 0 aliphatic heterocycles. The predicted octanol–water partition coefficient (Wildman–Crippen LogP) is 3.27. The van der Waals surface area contributed by atoms with E-state index in [1.807, 2.05) is 6.07 Å². The molecule has 0 N–H and O–H groups in total. The summed E-state index contributed by atoms with van der Waals surface area (Å²) in [5.74, 6) is 1.57. The number of hydrogen-bond acceptors (Lipinski definition) is 2. The van der Waals surface area contributed by atoms with Gasteiger partial charge in [0.2, 0.25) is 0 Å². The third-order valence-corrected chi connectivity index (χ3v) is 2.96. The lowest BCUT2D eigenvalue weighted by molar-refractivity contribution is 0.400. The molecular weight excluding hydrogens is 284 g/mol. The molecule has 1 aromatic rings. The van der Waals surface area contributed by atoms with Gasteiger partial charge in [0, 0.05) is 12.0 Å². The molecule has 1 saturated carbocycles. The Bertz CT molecular complexity index is 277. The van der Waals surface area contributed by atoms with E-state index in [1.165, 1.54) is 19.3 Å². The third kappa shape index (κ3) is 1.69. The Morgan fingerprint density at radius 3 is 2.17 bits per heavy atom. The van der Waals surface area contributed by atoms with Gasteiger partial charge in [-0.3, -0.25) is 0 Å². The summed E-state index contributed by atoms with van der Waals surface area (Å²) >= 11 is 6.71. The highest BCUT2D eigenvalue weighted by Crippen LogP contribution is 2.35. The molecule has 1 heterocycles. The van der Waals surface area contributed by atoms with Crippen molar-refractivity contribution in [2.24, 2.45) is 0 Å². The van der Waals surface area contributed by atoms with Gasteiger partial charge < -0.3 is 0 Å². The second kappa shape index (κ2) is 3.42. The SMILES string of the molecule is Brc1cc(Br)nc(C2CCC2)n1. The van der Waals surface area contributed by atoms with Crippen LogP contribution in [0.25, 0.3) is 0 Å². The van der Waals surface area contributed by atoms with E-state index in [2.05, 4.69) is 41.8 Å². The fourth-order valence-corrected chi connectivity index (χ4v) is 2.36. The second-order valence-electron chi connectivity index (χ2n) is 3.00. The smallest absolute Gasteiger partial charge is 0.134 e. The van der Waals surface area contributed by atoms with Crippen LogP contribution in [-0.2, 0) is 0 Å². The van der Waals surface area contributed by atoms with Gasteiger partial charge in [0.05, 0.1) is 0 Å². The van der Waals surface area contributed by atoms with Crippen LogP contribution in [-0.4, -0.2) is 9.97 Å². The summed E-state index contributed by atoms with van der Waals surface area (Å²) in [4.78, 5) is 8.66. The van der Waals surface area contributed by atoms with Gasteiger partial charge in [0.25, 0.3) is 0 Å². The highest BCUT2D eigenvalue weighted by molar-refractivity contribution is 9.11. The monoisotopic (exact) mass is 290 g/mol. The van der Waals surface area contributed by atoms with E-state index < -0.39 is 0 Å². The quantitative estimate of drug-likeness (QED) is 0.742. The molecule has 4 heteroatoms. The molecule has 0 spiro atoms. The maximum absolute atomic E-state index is 4.33. The van der Waals surface area contributed by atoms with Gasteiger partial charge in [0.15, 0.2) is 0 Å². The molecule has 0 amide bonds. The van der Waals surface area contributed by atoms with Crippen LogP contribution in [0.3, 0.4) is 0 Å². The van der Waals surface area contributed by atoms with Gasteiger partial charge >= 0.3 is 0 Å². The number of nitrogens with zero attached hydrogens (tertiary/aromatic N) is 2. The lowest BCUT2D eigenvalue weighted by Crippen LogP contribution is -2.12. The Labute approximate surface area is 88.1 Å². The fraction of sp³-hybridized carbons (Fsp3) is 0.500. The predicted molar refractivity (Wildman–Crippen MR) is 54.0 cm³/mol. The van der Waals surface area contributed by atoms with Crippen molar-refractivity contribution in [3.63, 3.8) is 0 Å². The van der Waals surface area contributed by atoms with Crippen molar-refractivity contribution in [1.29, 1.82) is 0 Å². The standard InChI is InChI=1S/C8H8Br2N2/c9-6-4-7(10)12-8(11-6)5-2-1-3-5/h4-5H,1-3H2. The maximum atomic E-state index is 4.33. The van der Waals surface area contributed by atoms with Crippen LogP contribution in [0.2, 0.25) is 0 Å². The van der Waals surface area contributed by atoms with Gasteiger partial charge in [-0.15, -0.1) is 0 Å². The van der Waals surface area contributed by atoms with Crippen molar-refractivity contribution in [2.45, 2.75) is 25.2 Å². The zero-order valence-electron chi connectivity index (χ0n) is 6.43. The van der Waals surface area contributed by atoms with E-state index in [-0.39, 0.29) is 0 Å². The van der Waals surface area contributed by atoms with Crippen molar-refractivity contribution in [3.8, 4) is 0 Å². The van der Waals surface area contributed by atoms with Crippen molar-refractivity contribution in [1.82, 2.24) is 9.97 Å². The summed E-state index contributed by atoms with van der Waals surface area (Å²) < 4.78 is 1.73. The average Bonchev–Trinajstić information content (AvgIpc) is 1.79. The molecule has 1 aliphatic rings. The van der Waals surface area contributed by atoms with E-state index in [4.69, 9.17) is 0 Å². The topological polar surface area (TPSA) is 25.8 Å². The molecule has 2 nitrogen and oxygen atoms in total. The molecule has 0 unspecified atom stereocenters. The van der Waals surface area contributed by atoms with Crippen molar-refractivity contribution >= 4 is 31.9 Å². The van der Waals surface area contributed by atoms with E-state index >= 15 is 0 Å². The number of hydrogen-bond donors (Lipinski definition) is 0. The van der Waals surface area contributed by atoms with Crippen LogP contribution in [0.4, 0.5) is 0 Å². The molecule has 0 aromatic carbocycles. The Balaban J connectivity index is 2.30. The summed E-state index contributed by atoms with van der Waals surface area (Å²) in [5.41, 5.74) is 0. The van der Waals surface area contributed by atoms with Crippen LogP contribution in [0.15, 0.2) is 15.3 Å². The number of rotatable bonds is 1. The first-order chi connectivity index (χ1) is 5.75. The average molecular weight is 292 g/mol. The molecule has 1 aliphatic carbocycles. The van der Waals surface area contributed by atoms with Crippen molar-refractivity contribution in [2.75, 3.05) is 0 Å². The van der Waals surface area contributed by atoms with Gasteiger partial charge in [-0.2, -0.15) is 0 Å². The lowest BCUT2D eigenvalue weighted by Gasteiger charge is -2.23. The summed E-state index contributed by atoms with van der Waals surface area (Å²) in [7, 11) is 0. The Kier molecular flexibility index (Phi) is 2.46. The minimum Gasteiger partial charge on any atom is -0.226 e. The summed E-state index contributed by atoms with van der Waals surface area (Å²) in [5, 5.41) is 0. The minimum absolute atomic E-state index is 0.596. The lowest BCUT2D eigenvalue weighted by atomic mass is 9.85. The molecular formula is C8H8Br2N2. The molecule has 0 bridgehead atoms. The molecule has 2 rings (SSSR count). The van der Waals surface area contributed by atoms with Crippen molar-refractivity contribution in [3.05, 3.63) is 21.1 Å². The first-order valence-electron chi connectivity index (χ1n) is 3.95. The first kappa shape index (κ1) is 8.63. The molecule has 0 atom stereocenters. The third-order valence-electron chi connectivity index (χ3n) is 2.15. The van der Waals surface area contributed by atoms with Crippen LogP contribution >= 0.6 is 31.9 Å². The normalized spacial score (nSPS) is 17.5. The van der Waals surface area contributed by atoms with Crippen LogP contribution in [0.1, 0.15) is 31.0 Å². The van der Waals surface area contributed by atoms with Gasteiger partial charge in [-0.05, 0) is 44.7 Å². The van der Waals surface area contributed by atoms with Gasteiger partial charge in [-0.1, -0.05) is 6.42 Å². The van der Waals surface area contributed by atoms with E-state index in [9.17, 15) is 0 Å². The van der Waals surface area contributed by atoms with E-state index in [1.54, 1.807) is 0 Å². The zero-order chi connectivity index (χ0) is 8.55. The zero-order valence-corrected chi connectivity index (χ0v) is 9.60. The van der Waals surface area contributed by atoms with Gasteiger partial charge in [0.1, 0.15) is 15.0 Å². The number of aromatic nitrogens is 2. The van der Waals surface area contributed by atoms with E-state index in [0.717, 1.165) is 15.0 Å². The largest absolute Gasteiger partial charge is 0.226 e. The first-order valence-corrected chi connectivity index (χ1v) is 5.54. The number of halogens is 2. The highest BCUT2D eigenvalue weighted by atomic mass is 79.9. The Morgan fingerprint density at radius 2 is 1.75 bits per heavy atom. The minimum atomic E-state index is 0.596. The molecule has 0 radical (unpaired) electrons. The summed E-state index contributed by atoms with van der Waals surface area (Å²) in [6, 6.07) is 1.86. The molecule has 1 aromatic heterocycles. The van der Waals surface area contributed by atoms with E-state index in [0.29, 0.717) is 5.92 Å². The summed E-state index contributed by atoms with van der Waals surface area (Å²) in [6.07, 6.45) is 3.80. The van der Waals surface area contributed by atoms with Crippen LogP contribution in [0, 0.1) is 0 Å². The molecule has 12 heavy (non-hydrogen) atoms. The second-order valence-corrected chi connectivity index (χ2v) is 4.62.